The van der Waals surface area contributed by atoms with Crippen LogP contribution in [0.2, 0.25) is 0 Å². The van der Waals surface area contributed by atoms with Crippen LogP contribution in [0.4, 0.5) is 5.69 Å². The van der Waals surface area contributed by atoms with Crippen LogP contribution >= 0.6 is 15.9 Å². The minimum Gasteiger partial charge on any atom is -0.308 e. The maximum Gasteiger partial charge on any atom is 0.0689 e. The molecule has 0 radical (unpaired) electrons. The number of benzene rings is 1. The van der Waals surface area contributed by atoms with Crippen molar-refractivity contribution in [2.75, 3.05) is 5.48 Å². The SMILES string of the molecule is N=Cc1cc(CBr)ccc1NO. The Bertz CT molecular complexity index is 288. The van der Waals surface area contributed by atoms with Crippen LogP contribution < -0.4 is 5.48 Å². The highest BCUT2D eigenvalue weighted by molar-refractivity contribution is 9.08. The second-order valence-electron chi connectivity index (χ2n) is 2.31. The van der Waals surface area contributed by atoms with E-state index in [0.717, 1.165) is 10.9 Å². The number of hydrogen-bond donors (Lipinski definition) is 3. The standard InChI is InChI=1S/C8H9BrN2O/c9-4-6-1-2-8(11-12)7(3-6)5-10/h1-3,5,10-12H,4H2. The van der Waals surface area contributed by atoms with Gasteiger partial charge >= 0.3 is 0 Å². The zero-order valence-corrected chi connectivity index (χ0v) is 7.93. The van der Waals surface area contributed by atoms with E-state index in [-0.39, 0.29) is 0 Å². The Kier molecular flexibility index (Phi) is 3.25. The predicted molar refractivity (Wildman–Crippen MR) is 52.4 cm³/mol. The highest BCUT2D eigenvalue weighted by Crippen LogP contribution is 2.16. The molecule has 0 aromatic heterocycles. The molecular weight excluding hydrogens is 220 g/mol. The fourth-order valence-electron chi connectivity index (χ4n) is 0.917. The van der Waals surface area contributed by atoms with Gasteiger partial charge in [-0.05, 0) is 17.7 Å². The second kappa shape index (κ2) is 4.23. The highest BCUT2D eigenvalue weighted by Gasteiger charge is 1.99. The molecule has 1 rings (SSSR count). The molecule has 3 N–H and O–H groups in total. The lowest BCUT2D eigenvalue weighted by Gasteiger charge is -2.04. The van der Waals surface area contributed by atoms with Crippen LogP contribution in [-0.2, 0) is 5.33 Å². The minimum absolute atomic E-state index is 0.551. The fraction of sp³-hybridized carbons (Fsp3) is 0.125. The van der Waals surface area contributed by atoms with Crippen LogP contribution in [0.25, 0.3) is 0 Å². The Hall–Kier alpha value is -0.870. The average molecular weight is 229 g/mol. The molecular formula is C8H9BrN2O. The zero-order valence-electron chi connectivity index (χ0n) is 6.34. The first-order valence-electron chi connectivity index (χ1n) is 3.41. The Morgan fingerprint density at radius 2 is 2.33 bits per heavy atom. The van der Waals surface area contributed by atoms with Crippen molar-refractivity contribution < 1.29 is 5.21 Å². The molecule has 3 nitrogen and oxygen atoms in total. The quantitative estimate of drug-likeness (QED) is 0.423. The lowest BCUT2D eigenvalue weighted by Crippen LogP contribution is -1.95. The summed E-state index contributed by atoms with van der Waals surface area (Å²) in [6.45, 7) is 0. The monoisotopic (exact) mass is 228 g/mol. The first-order valence-corrected chi connectivity index (χ1v) is 4.53. The van der Waals surface area contributed by atoms with Crippen LogP contribution in [0.15, 0.2) is 18.2 Å². The van der Waals surface area contributed by atoms with E-state index in [4.69, 9.17) is 10.6 Å². The average Bonchev–Trinajstić information content (AvgIpc) is 2.16. The van der Waals surface area contributed by atoms with Gasteiger partial charge in [0, 0.05) is 17.1 Å². The van der Waals surface area contributed by atoms with E-state index >= 15 is 0 Å². The zero-order chi connectivity index (χ0) is 8.97. The van der Waals surface area contributed by atoms with Crippen molar-refractivity contribution in [2.24, 2.45) is 0 Å². The lowest BCUT2D eigenvalue weighted by molar-refractivity contribution is 0.389. The first kappa shape index (κ1) is 9.22. The van der Waals surface area contributed by atoms with Gasteiger partial charge in [0.2, 0.25) is 0 Å². The van der Waals surface area contributed by atoms with Crippen molar-refractivity contribution in [1.82, 2.24) is 0 Å². The number of alkyl halides is 1. The van der Waals surface area contributed by atoms with E-state index < -0.39 is 0 Å². The van der Waals surface area contributed by atoms with Crippen LogP contribution in [0.1, 0.15) is 11.1 Å². The van der Waals surface area contributed by atoms with Gasteiger partial charge in [0.15, 0.2) is 0 Å². The summed E-state index contributed by atoms with van der Waals surface area (Å²) in [7, 11) is 0. The van der Waals surface area contributed by atoms with E-state index in [1.165, 1.54) is 6.21 Å². The van der Waals surface area contributed by atoms with Gasteiger partial charge in [-0.3, -0.25) is 10.7 Å². The molecule has 0 atom stereocenters. The number of rotatable bonds is 3. The third-order valence-corrected chi connectivity index (χ3v) is 2.19. The van der Waals surface area contributed by atoms with Crippen molar-refractivity contribution in [3.05, 3.63) is 29.3 Å². The predicted octanol–water partition coefficient (Wildman–Crippen LogP) is 2.38. The van der Waals surface area contributed by atoms with Gasteiger partial charge in [-0.2, -0.15) is 0 Å². The molecule has 0 bridgehead atoms. The molecule has 0 aliphatic heterocycles. The molecule has 0 aliphatic carbocycles. The summed E-state index contributed by atoms with van der Waals surface area (Å²) in [6.07, 6.45) is 1.20. The molecule has 0 aliphatic rings. The second-order valence-corrected chi connectivity index (χ2v) is 2.87. The van der Waals surface area contributed by atoms with Crippen molar-refractivity contribution >= 4 is 27.8 Å². The van der Waals surface area contributed by atoms with Crippen molar-refractivity contribution in [3.63, 3.8) is 0 Å². The molecule has 4 heteroatoms. The van der Waals surface area contributed by atoms with Crippen LogP contribution in [0, 0.1) is 5.41 Å². The third-order valence-electron chi connectivity index (χ3n) is 1.55. The Morgan fingerprint density at radius 3 is 2.83 bits per heavy atom. The molecule has 64 valence electrons. The van der Waals surface area contributed by atoms with Crippen LogP contribution in [0.3, 0.4) is 0 Å². The highest BCUT2D eigenvalue weighted by atomic mass is 79.9. The minimum atomic E-state index is 0.551. The number of hydrogen-bond acceptors (Lipinski definition) is 3. The largest absolute Gasteiger partial charge is 0.308 e. The molecule has 0 heterocycles. The van der Waals surface area contributed by atoms with Crippen molar-refractivity contribution in [3.8, 4) is 0 Å². The topological polar surface area (TPSA) is 56.1 Å². The molecule has 1 aromatic carbocycles. The summed E-state index contributed by atoms with van der Waals surface area (Å²) in [5, 5.41) is 16.5. The molecule has 0 fully saturated rings. The molecule has 1 aromatic rings. The van der Waals surface area contributed by atoms with Gasteiger partial charge in [0.05, 0.1) is 5.69 Å². The number of anilines is 1. The van der Waals surface area contributed by atoms with Crippen molar-refractivity contribution in [1.29, 1.82) is 5.41 Å². The van der Waals surface area contributed by atoms with E-state index in [2.05, 4.69) is 15.9 Å². The van der Waals surface area contributed by atoms with Crippen molar-refractivity contribution in [2.45, 2.75) is 5.33 Å². The third kappa shape index (κ3) is 1.84. The Balaban J connectivity index is 3.10. The first-order chi connectivity index (χ1) is 5.81. The summed E-state index contributed by atoms with van der Waals surface area (Å²) in [5.41, 5.74) is 4.33. The molecule has 12 heavy (non-hydrogen) atoms. The fourth-order valence-corrected chi connectivity index (χ4v) is 1.27. The molecule has 0 amide bonds. The Morgan fingerprint density at radius 1 is 1.58 bits per heavy atom. The number of halogens is 1. The van der Waals surface area contributed by atoms with E-state index in [0.29, 0.717) is 11.3 Å². The Labute approximate surface area is 79.0 Å². The van der Waals surface area contributed by atoms with Gasteiger partial charge in [-0.15, -0.1) is 0 Å². The van der Waals surface area contributed by atoms with Gasteiger partial charge in [0.25, 0.3) is 0 Å². The van der Waals surface area contributed by atoms with E-state index in [1.807, 2.05) is 17.6 Å². The lowest BCUT2D eigenvalue weighted by atomic mass is 10.1. The number of nitrogens with one attached hydrogen (secondary N) is 2. The molecule has 0 saturated carbocycles. The maximum absolute atomic E-state index is 8.65. The van der Waals surface area contributed by atoms with Gasteiger partial charge in [-0.1, -0.05) is 22.0 Å². The summed E-state index contributed by atoms with van der Waals surface area (Å²) < 4.78 is 0. The summed E-state index contributed by atoms with van der Waals surface area (Å²) in [6, 6.07) is 5.44. The molecule has 0 unspecified atom stereocenters. The van der Waals surface area contributed by atoms with Gasteiger partial charge < -0.3 is 5.41 Å². The smallest absolute Gasteiger partial charge is 0.0689 e. The summed E-state index contributed by atoms with van der Waals surface area (Å²) in [4.78, 5) is 0. The normalized spacial score (nSPS) is 9.50. The summed E-state index contributed by atoms with van der Waals surface area (Å²) >= 11 is 3.31. The maximum atomic E-state index is 8.65. The van der Waals surface area contributed by atoms with Gasteiger partial charge in [-0.25, -0.2) is 0 Å². The van der Waals surface area contributed by atoms with E-state index in [9.17, 15) is 0 Å². The van der Waals surface area contributed by atoms with Crippen LogP contribution in [-0.4, -0.2) is 11.4 Å². The van der Waals surface area contributed by atoms with Crippen LogP contribution in [0.5, 0.6) is 0 Å². The summed E-state index contributed by atoms with van der Waals surface area (Å²) in [5.74, 6) is 0. The molecule has 0 spiro atoms. The molecule has 0 saturated heterocycles. The van der Waals surface area contributed by atoms with Gasteiger partial charge in [0.1, 0.15) is 0 Å². The van der Waals surface area contributed by atoms with E-state index in [1.54, 1.807) is 6.07 Å².